The van der Waals surface area contributed by atoms with E-state index < -0.39 is 6.16 Å². The topological polar surface area (TPSA) is 55.8 Å². The third kappa shape index (κ3) is 9.40. The Hall–Kier alpha value is -1.71. The lowest BCUT2D eigenvalue weighted by molar-refractivity contribution is 0.143. The van der Waals surface area contributed by atoms with Crippen LogP contribution in [0.25, 0.3) is 0 Å². The van der Waals surface area contributed by atoms with Gasteiger partial charge in [-0.05, 0) is 67.2 Å². The van der Waals surface area contributed by atoms with E-state index in [0.29, 0.717) is 5.75 Å². The van der Waals surface area contributed by atoms with Crippen molar-refractivity contribution >= 4 is 6.16 Å². The first kappa shape index (κ1) is 24.6. The Kier molecular flexibility index (Phi) is 10.5. The van der Waals surface area contributed by atoms with E-state index in [2.05, 4.69) is 27.7 Å². The molecule has 3 unspecified atom stereocenters. The fourth-order valence-corrected chi connectivity index (χ4v) is 4.46. The Morgan fingerprint density at radius 1 is 1.03 bits per heavy atom. The SMILES string of the molecule is CC(C)CCCC(C)CCCC(C)CCCC1CCc2cc(OC(=O)O)ccc2O1. The molecule has 1 aromatic carbocycles. The summed E-state index contributed by atoms with van der Waals surface area (Å²) in [6, 6.07) is 5.29. The second-order valence-corrected chi connectivity index (χ2v) is 9.81. The predicted molar refractivity (Wildman–Crippen MR) is 123 cm³/mol. The number of rotatable bonds is 13. The molecule has 1 N–H and O–H groups in total. The number of hydrogen-bond donors (Lipinski definition) is 1. The van der Waals surface area contributed by atoms with Gasteiger partial charge < -0.3 is 14.6 Å². The molecule has 1 heterocycles. The smallest absolute Gasteiger partial charge is 0.490 e. The Labute approximate surface area is 183 Å². The molecule has 2 rings (SSSR count). The molecular formula is C26H42O4. The van der Waals surface area contributed by atoms with Crippen LogP contribution in [0.15, 0.2) is 18.2 Å². The molecule has 0 fully saturated rings. The van der Waals surface area contributed by atoms with Crippen molar-refractivity contribution in [1.82, 2.24) is 0 Å². The van der Waals surface area contributed by atoms with Crippen LogP contribution >= 0.6 is 0 Å². The van der Waals surface area contributed by atoms with Gasteiger partial charge in [0.05, 0.1) is 6.10 Å². The largest absolute Gasteiger partial charge is 0.511 e. The van der Waals surface area contributed by atoms with Crippen LogP contribution in [0.1, 0.15) is 97.5 Å². The van der Waals surface area contributed by atoms with Crippen LogP contribution in [0.2, 0.25) is 0 Å². The molecule has 1 aliphatic rings. The van der Waals surface area contributed by atoms with E-state index in [4.69, 9.17) is 14.6 Å². The third-order valence-electron chi connectivity index (χ3n) is 6.36. The Balaban J connectivity index is 1.59. The Morgan fingerprint density at radius 2 is 1.67 bits per heavy atom. The van der Waals surface area contributed by atoms with E-state index in [1.54, 1.807) is 12.1 Å². The summed E-state index contributed by atoms with van der Waals surface area (Å²) in [6.45, 7) is 9.44. The zero-order valence-corrected chi connectivity index (χ0v) is 19.5. The maximum absolute atomic E-state index is 10.7. The van der Waals surface area contributed by atoms with Crippen molar-refractivity contribution in [2.75, 3.05) is 0 Å². The van der Waals surface area contributed by atoms with Gasteiger partial charge in [0, 0.05) is 0 Å². The summed E-state index contributed by atoms with van der Waals surface area (Å²) >= 11 is 0. The third-order valence-corrected chi connectivity index (χ3v) is 6.36. The first-order chi connectivity index (χ1) is 14.3. The summed E-state index contributed by atoms with van der Waals surface area (Å²) in [5, 5.41) is 8.73. The summed E-state index contributed by atoms with van der Waals surface area (Å²) in [6.07, 6.45) is 12.7. The number of aryl methyl sites for hydroxylation is 1. The van der Waals surface area contributed by atoms with Crippen LogP contribution in [-0.4, -0.2) is 17.4 Å². The van der Waals surface area contributed by atoms with Crippen LogP contribution in [-0.2, 0) is 6.42 Å². The molecule has 170 valence electrons. The minimum Gasteiger partial charge on any atom is -0.490 e. The lowest BCUT2D eigenvalue weighted by atomic mass is 9.91. The quantitative estimate of drug-likeness (QED) is 0.261. The van der Waals surface area contributed by atoms with Gasteiger partial charge in [0.25, 0.3) is 0 Å². The fourth-order valence-electron chi connectivity index (χ4n) is 4.46. The number of benzene rings is 1. The number of fused-ring (bicyclic) bond motifs is 1. The minimum atomic E-state index is -1.28. The van der Waals surface area contributed by atoms with Gasteiger partial charge in [0.2, 0.25) is 0 Å². The number of hydrogen-bond acceptors (Lipinski definition) is 3. The van der Waals surface area contributed by atoms with E-state index >= 15 is 0 Å². The standard InChI is InChI=1S/C26H42O4/c1-19(2)8-5-9-20(3)10-6-11-21(4)12-7-13-23-15-14-22-18-24(30-26(27)28)16-17-25(22)29-23/h16-21,23H,5-15H2,1-4H3,(H,27,28). The van der Waals surface area contributed by atoms with Crippen molar-refractivity contribution in [2.45, 2.75) is 104 Å². The molecule has 30 heavy (non-hydrogen) atoms. The fraction of sp³-hybridized carbons (Fsp3) is 0.731. The highest BCUT2D eigenvalue weighted by Crippen LogP contribution is 2.32. The van der Waals surface area contributed by atoms with Crippen molar-refractivity contribution in [3.05, 3.63) is 23.8 Å². The molecule has 3 atom stereocenters. The lowest BCUT2D eigenvalue weighted by Gasteiger charge is -2.26. The number of carboxylic acid groups (broad SMARTS) is 1. The maximum Gasteiger partial charge on any atom is 0.511 e. The molecule has 4 nitrogen and oxygen atoms in total. The molecule has 0 saturated heterocycles. The molecule has 0 radical (unpaired) electrons. The van der Waals surface area contributed by atoms with Gasteiger partial charge >= 0.3 is 6.16 Å². The molecular weight excluding hydrogens is 376 g/mol. The van der Waals surface area contributed by atoms with E-state index in [1.807, 2.05) is 6.07 Å². The molecule has 0 aromatic heterocycles. The minimum absolute atomic E-state index is 0.275. The molecule has 4 heteroatoms. The molecule has 0 bridgehead atoms. The van der Waals surface area contributed by atoms with Gasteiger partial charge in [-0.15, -0.1) is 0 Å². The van der Waals surface area contributed by atoms with Gasteiger partial charge in [0.1, 0.15) is 11.5 Å². The first-order valence-electron chi connectivity index (χ1n) is 12.0. The van der Waals surface area contributed by atoms with E-state index in [-0.39, 0.29) is 6.10 Å². The van der Waals surface area contributed by atoms with Crippen LogP contribution in [0.4, 0.5) is 4.79 Å². The summed E-state index contributed by atoms with van der Waals surface area (Å²) in [5.74, 6) is 3.74. The monoisotopic (exact) mass is 418 g/mol. The van der Waals surface area contributed by atoms with Gasteiger partial charge in [0.15, 0.2) is 0 Å². The second kappa shape index (κ2) is 12.9. The summed E-state index contributed by atoms with van der Waals surface area (Å²) in [4.78, 5) is 10.7. The summed E-state index contributed by atoms with van der Waals surface area (Å²) in [5.41, 5.74) is 1.04. The Morgan fingerprint density at radius 3 is 2.30 bits per heavy atom. The second-order valence-electron chi connectivity index (χ2n) is 9.81. The molecule has 0 aliphatic carbocycles. The van der Waals surface area contributed by atoms with E-state index in [9.17, 15) is 4.79 Å². The lowest BCUT2D eigenvalue weighted by Crippen LogP contribution is -2.22. The first-order valence-corrected chi connectivity index (χ1v) is 12.0. The maximum atomic E-state index is 10.7. The molecule has 0 amide bonds. The van der Waals surface area contributed by atoms with Crippen molar-refractivity contribution < 1.29 is 19.4 Å². The summed E-state index contributed by atoms with van der Waals surface area (Å²) in [7, 11) is 0. The average Bonchev–Trinajstić information content (AvgIpc) is 2.67. The molecule has 1 aliphatic heterocycles. The average molecular weight is 419 g/mol. The normalized spacial score (nSPS) is 17.8. The molecule has 1 aromatic rings. The van der Waals surface area contributed by atoms with Crippen molar-refractivity contribution in [1.29, 1.82) is 0 Å². The van der Waals surface area contributed by atoms with Gasteiger partial charge in [-0.2, -0.15) is 0 Å². The highest BCUT2D eigenvalue weighted by molar-refractivity contribution is 5.61. The van der Waals surface area contributed by atoms with E-state index in [1.165, 1.54) is 51.4 Å². The molecule has 0 saturated carbocycles. The van der Waals surface area contributed by atoms with Crippen LogP contribution in [0.5, 0.6) is 11.5 Å². The van der Waals surface area contributed by atoms with Gasteiger partial charge in [-0.1, -0.05) is 72.6 Å². The number of carbonyl (C=O) groups is 1. The predicted octanol–water partition coefficient (Wildman–Crippen LogP) is 7.88. The zero-order valence-electron chi connectivity index (χ0n) is 19.5. The van der Waals surface area contributed by atoms with Crippen molar-refractivity contribution in [3.8, 4) is 11.5 Å². The van der Waals surface area contributed by atoms with Crippen LogP contribution < -0.4 is 9.47 Å². The highest BCUT2D eigenvalue weighted by atomic mass is 16.7. The summed E-state index contributed by atoms with van der Waals surface area (Å²) < 4.78 is 10.9. The molecule has 0 spiro atoms. The van der Waals surface area contributed by atoms with Gasteiger partial charge in [-0.25, -0.2) is 4.79 Å². The van der Waals surface area contributed by atoms with E-state index in [0.717, 1.165) is 48.3 Å². The number of ether oxygens (including phenoxy) is 2. The highest BCUT2D eigenvalue weighted by Gasteiger charge is 2.20. The van der Waals surface area contributed by atoms with Crippen LogP contribution in [0, 0.1) is 17.8 Å². The Bertz CT molecular complexity index is 640. The van der Waals surface area contributed by atoms with Crippen molar-refractivity contribution in [3.63, 3.8) is 0 Å². The van der Waals surface area contributed by atoms with Gasteiger partial charge in [-0.3, -0.25) is 0 Å². The van der Waals surface area contributed by atoms with Crippen molar-refractivity contribution in [2.24, 2.45) is 17.8 Å². The zero-order chi connectivity index (χ0) is 21.9. The van der Waals surface area contributed by atoms with Crippen LogP contribution in [0.3, 0.4) is 0 Å².